The fourth-order valence-electron chi connectivity index (χ4n) is 4.04. The lowest BCUT2D eigenvalue weighted by molar-refractivity contribution is -0.129. The summed E-state index contributed by atoms with van der Waals surface area (Å²) in [6.45, 7) is 2.93. The van der Waals surface area contributed by atoms with Gasteiger partial charge < -0.3 is 9.88 Å². The van der Waals surface area contributed by atoms with Crippen LogP contribution in [-0.4, -0.2) is 33.4 Å². The summed E-state index contributed by atoms with van der Waals surface area (Å²) in [5.74, 6) is 1.47. The lowest BCUT2D eigenvalue weighted by Crippen LogP contribution is -2.34. The Morgan fingerprint density at radius 3 is 2.78 bits per heavy atom. The summed E-state index contributed by atoms with van der Waals surface area (Å²) in [6.07, 6.45) is 7.36. The molecule has 2 aliphatic rings. The highest BCUT2D eigenvalue weighted by molar-refractivity contribution is 5.80. The Kier molecular flexibility index (Phi) is 3.68. The van der Waals surface area contributed by atoms with Crippen LogP contribution in [0.1, 0.15) is 49.4 Å². The van der Waals surface area contributed by atoms with E-state index in [9.17, 15) is 4.79 Å². The van der Waals surface area contributed by atoms with Gasteiger partial charge in [-0.15, -0.1) is 0 Å². The van der Waals surface area contributed by atoms with Crippen molar-refractivity contribution in [1.82, 2.24) is 14.9 Å². The van der Waals surface area contributed by atoms with E-state index in [0.29, 0.717) is 18.4 Å². The molecule has 0 unspecified atom stereocenters. The summed E-state index contributed by atoms with van der Waals surface area (Å²) >= 11 is 0. The van der Waals surface area contributed by atoms with Crippen molar-refractivity contribution in [2.24, 2.45) is 0 Å². The second kappa shape index (κ2) is 5.84. The third-order valence-electron chi connectivity index (χ3n) is 5.34. The minimum atomic E-state index is 0.209. The quantitative estimate of drug-likeness (QED) is 0.941. The number of imidazole rings is 1. The Bertz CT molecular complexity index is 715. The second-order valence-corrected chi connectivity index (χ2v) is 6.88. The molecule has 2 aromatic rings. The molecular weight excluding hydrogens is 286 g/mol. The number of H-pyrrole nitrogens is 1. The van der Waals surface area contributed by atoms with Crippen LogP contribution < -0.4 is 0 Å². The second-order valence-electron chi connectivity index (χ2n) is 6.88. The summed E-state index contributed by atoms with van der Waals surface area (Å²) in [7, 11) is 0. The largest absolute Gasteiger partial charge is 0.342 e. The molecule has 1 aromatic carbocycles. The molecule has 0 bridgehead atoms. The van der Waals surface area contributed by atoms with Crippen molar-refractivity contribution in [2.45, 2.75) is 51.0 Å². The van der Waals surface area contributed by atoms with E-state index in [1.165, 1.54) is 36.8 Å². The van der Waals surface area contributed by atoms with Crippen LogP contribution in [0.3, 0.4) is 0 Å². The van der Waals surface area contributed by atoms with Crippen molar-refractivity contribution >= 4 is 5.91 Å². The molecule has 1 amide bonds. The van der Waals surface area contributed by atoms with Gasteiger partial charge in [0.2, 0.25) is 5.91 Å². The molecule has 0 spiro atoms. The van der Waals surface area contributed by atoms with Crippen LogP contribution in [0.25, 0.3) is 11.3 Å². The number of rotatable bonds is 3. The number of carbonyl (C=O) groups excluding carboxylic acids is 1. The molecule has 4 nitrogen and oxygen atoms in total. The number of likely N-dealkylation sites (tertiary alicyclic amines) is 1. The van der Waals surface area contributed by atoms with E-state index >= 15 is 0 Å². The number of nitrogens with one attached hydrogen (secondary N) is 1. The summed E-state index contributed by atoms with van der Waals surface area (Å²) in [5, 5.41) is 0. The van der Waals surface area contributed by atoms with Crippen LogP contribution in [0.4, 0.5) is 0 Å². The zero-order valence-electron chi connectivity index (χ0n) is 13.6. The summed E-state index contributed by atoms with van der Waals surface area (Å²) in [4.78, 5) is 22.5. The third kappa shape index (κ3) is 2.67. The van der Waals surface area contributed by atoms with Gasteiger partial charge in [0, 0.05) is 30.5 Å². The molecule has 120 valence electrons. The van der Waals surface area contributed by atoms with Gasteiger partial charge in [0.05, 0.1) is 11.9 Å². The van der Waals surface area contributed by atoms with Crippen LogP contribution in [-0.2, 0) is 4.79 Å². The zero-order chi connectivity index (χ0) is 15.8. The average Bonchev–Trinajstić information content (AvgIpc) is 3.27. The summed E-state index contributed by atoms with van der Waals surface area (Å²) in [5.41, 5.74) is 3.46. The lowest BCUT2D eigenvalue weighted by atomic mass is 10.1. The molecule has 1 atom stereocenters. The Morgan fingerprint density at radius 1 is 1.22 bits per heavy atom. The van der Waals surface area contributed by atoms with E-state index in [4.69, 9.17) is 0 Å². The number of hydrogen-bond donors (Lipinski definition) is 1. The van der Waals surface area contributed by atoms with Crippen LogP contribution in [0.5, 0.6) is 0 Å². The van der Waals surface area contributed by atoms with Gasteiger partial charge in [0.15, 0.2) is 0 Å². The molecule has 4 heteroatoms. The molecule has 0 radical (unpaired) electrons. The van der Waals surface area contributed by atoms with E-state index < -0.39 is 0 Å². The maximum Gasteiger partial charge on any atom is 0.223 e. The van der Waals surface area contributed by atoms with Gasteiger partial charge in [-0.1, -0.05) is 37.1 Å². The van der Waals surface area contributed by atoms with Crippen molar-refractivity contribution in [2.75, 3.05) is 6.54 Å². The molecule has 1 aromatic heterocycles. The minimum Gasteiger partial charge on any atom is -0.342 e. The monoisotopic (exact) mass is 309 g/mol. The lowest BCUT2D eigenvalue weighted by Gasteiger charge is -2.23. The minimum absolute atomic E-state index is 0.209. The maximum absolute atomic E-state index is 12.4. The number of aryl methyl sites for hydroxylation is 1. The van der Waals surface area contributed by atoms with Crippen LogP contribution in [0.15, 0.2) is 30.5 Å². The molecule has 2 fully saturated rings. The molecular formula is C19H23N3O. The van der Waals surface area contributed by atoms with Gasteiger partial charge in [-0.25, -0.2) is 4.98 Å². The van der Waals surface area contributed by atoms with Crippen molar-refractivity contribution in [1.29, 1.82) is 0 Å². The number of nitrogens with zero attached hydrogens (tertiary/aromatic N) is 2. The standard InChI is InChI=1S/C19H23N3O/c1-13-6-2-5-9-16(13)17-11-20-19(21-17)14-10-18(23)22(12-14)15-7-3-4-8-15/h2,5-6,9,11,14-15H,3-4,7-8,10,12H2,1H3,(H,20,21)/t14-/m0/s1. The van der Waals surface area contributed by atoms with Crippen LogP contribution >= 0.6 is 0 Å². The predicted octanol–water partition coefficient (Wildman–Crippen LogP) is 3.64. The fourth-order valence-corrected chi connectivity index (χ4v) is 4.04. The highest BCUT2D eigenvalue weighted by Gasteiger charge is 2.37. The molecule has 1 saturated carbocycles. The number of aromatic nitrogens is 2. The van der Waals surface area contributed by atoms with E-state index in [1.54, 1.807) is 0 Å². The molecule has 1 N–H and O–H groups in total. The topological polar surface area (TPSA) is 49.0 Å². The molecule has 1 aliphatic heterocycles. The van der Waals surface area contributed by atoms with Gasteiger partial charge >= 0.3 is 0 Å². The fraction of sp³-hybridized carbons (Fsp3) is 0.474. The molecule has 2 heterocycles. The highest BCUT2D eigenvalue weighted by Crippen LogP contribution is 2.34. The van der Waals surface area contributed by atoms with Crippen molar-refractivity contribution in [3.63, 3.8) is 0 Å². The van der Waals surface area contributed by atoms with E-state index in [-0.39, 0.29) is 5.92 Å². The average molecular weight is 309 g/mol. The number of benzene rings is 1. The Labute approximate surface area is 136 Å². The first-order chi connectivity index (χ1) is 11.2. The van der Waals surface area contributed by atoms with E-state index in [2.05, 4.69) is 33.9 Å². The first-order valence-electron chi connectivity index (χ1n) is 8.63. The number of hydrogen-bond acceptors (Lipinski definition) is 2. The van der Waals surface area contributed by atoms with Gasteiger partial charge in [-0.3, -0.25) is 4.79 Å². The van der Waals surface area contributed by atoms with Crippen molar-refractivity contribution in [3.05, 3.63) is 41.9 Å². The maximum atomic E-state index is 12.4. The van der Waals surface area contributed by atoms with Crippen LogP contribution in [0.2, 0.25) is 0 Å². The number of aromatic amines is 1. The van der Waals surface area contributed by atoms with Crippen molar-refractivity contribution in [3.8, 4) is 11.3 Å². The molecule has 1 aliphatic carbocycles. The van der Waals surface area contributed by atoms with Crippen molar-refractivity contribution < 1.29 is 4.79 Å². The third-order valence-corrected chi connectivity index (χ3v) is 5.34. The summed E-state index contributed by atoms with van der Waals surface area (Å²) < 4.78 is 0. The highest BCUT2D eigenvalue weighted by atomic mass is 16.2. The number of amides is 1. The molecule has 1 saturated heterocycles. The number of carbonyl (C=O) groups is 1. The van der Waals surface area contributed by atoms with Gasteiger partial charge in [0.1, 0.15) is 5.82 Å². The smallest absolute Gasteiger partial charge is 0.223 e. The SMILES string of the molecule is Cc1ccccc1-c1cnc([C@H]2CC(=O)N(C3CCCC3)C2)[nH]1. The molecule has 4 rings (SSSR count). The predicted molar refractivity (Wildman–Crippen MR) is 90.1 cm³/mol. The van der Waals surface area contributed by atoms with Crippen LogP contribution in [0, 0.1) is 6.92 Å². The molecule has 23 heavy (non-hydrogen) atoms. The van der Waals surface area contributed by atoms with E-state index in [1.807, 2.05) is 18.3 Å². The normalized spacial score (nSPS) is 22.2. The van der Waals surface area contributed by atoms with E-state index in [0.717, 1.165) is 18.1 Å². The summed E-state index contributed by atoms with van der Waals surface area (Å²) in [6, 6.07) is 8.78. The van der Waals surface area contributed by atoms with Gasteiger partial charge in [-0.2, -0.15) is 0 Å². The van der Waals surface area contributed by atoms with Gasteiger partial charge in [0.25, 0.3) is 0 Å². The zero-order valence-corrected chi connectivity index (χ0v) is 13.6. The Balaban J connectivity index is 1.53. The first kappa shape index (κ1) is 14.5. The Morgan fingerprint density at radius 2 is 2.00 bits per heavy atom. The van der Waals surface area contributed by atoms with Gasteiger partial charge in [-0.05, 0) is 25.3 Å². The first-order valence-corrected chi connectivity index (χ1v) is 8.63. The Hall–Kier alpha value is -2.10.